The number of aliphatic carboxylic acids is 1. The summed E-state index contributed by atoms with van der Waals surface area (Å²) >= 11 is 0. The molecule has 3 aliphatic heterocycles. The van der Waals surface area contributed by atoms with Crippen molar-refractivity contribution < 1.29 is 105 Å². The van der Waals surface area contributed by atoms with E-state index in [2.05, 4.69) is 11.9 Å². The van der Waals surface area contributed by atoms with E-state index in [4.69, 9.17) is 28.4 Å². The number of amides is 1. The number of carbonyl (C=O) groups is 2. The van der Waals surface area contributed by atoms with Crippen molar-refractivity contribution in [1.82, 2.24) is 5.32 Å². The van der Waals surface area contributed by atoms with E-state index in [1.807, 2.05) is 27.7 Å². The molecule has 0 aromatic heterocycles. The van der Waals surface area contributed by atoms with E-state index in [1.165, 1.54) is 7.11 Å². The molecule has 3 rings (SSSR count). The molecule has 0 bridgehead atoms. The molecule has 0 aromatic rings. The van der Waals surface area contributed by atoms with E-state index in [0.29, 0.717) is 19.3 Å². The number of carboxylic acids is 1. The van der Waals surface area contributed by atoms with Gasteiger partial charge in [0.25, 0.3) is 5.91 Å². The largest absolute Gasteiger partial charge is 1.00 e. The number of aliphatic hydroxyl groups excluding tert-OH is 2. The molecule has 3 heterocycles. The zero-order chi connectivity index (χ0) is 31.9. The molecule has 12 nitrogen and oxygen atoms in total. The van der Waals surface area contributed by atoms with Gasteiger partial charge in [-0.05, 0) is 26.2 Å². The number of hydrogen-bond donors (Lipinski definition) is 3. The molecule has 3 aliphatic rings. The Labute approximate surface area is 304 Å². The van der Waals surface area contributed by atoms with Gasteiger partial charge in [0.15, 0.2) is 12.3 Å². The number of hydrogen-bond acceptors (Lipinski definition) is 11. The van der Waals surface area contributed by atoms with Crippen molar-refractivity contribution in [2.24, 2.45) is 11.3 Å². The van der Waals surface area contributed by atoms with Gasteiger partial charge in [-0.3, -0.25) is 4.79 Å². The standard InChI is InChI=1S/C31H53NO11.K/c1-18-16-31(39-7,43-20(3)19(18)2)26(36)28(37)32-29-25-24(40-17-41-29)27(38-6)30(4,5)22(42-25)15-21(33)13-11-9-8-10-12-14-23(34)35;/h19-22,24-27,29,33,36H,1,8-17H2,2-7H3,(H,32,37)(H,34,35);/q;+1/p-1/t19-,20-,21-,22-,24+,25+,26-,27-,29-,31-;/m1./s1. The minimum Gasteiger partial charge on any atom is -0.550 e. The Morgan fingerprint density at radius 2 is 1.75 bits per heavy atom. The molecule has 3 saturated heterocycles. The van der Waals surface area contributed by atoms with Crippen LogP contribution in [0.25, 0.3) is 0 Å². The molecule has 0 aromatic carbocycles. The minimum absolute atomic E-state index is 0. The van der Waals surface area contributed by atoms with Crippen molar-refractivity contribution in [3.8, 4) is 0 Å². The number of ether oxygens (including phenoxy) is 6. The summed E-state index contributed by atoms with van der Waals surface area (Å²) in [5.41, 5.74) is 0.268. The van der Waals surface area contributed by atoms with Crippen LogP contribution in [0.5, 0.6) is 0 Å². The number of unbranched alkanes of at least 4 members (excludes halogenated alkanes) is 4. The third-order valence-corrected chi connectivity index (χ3v) is 9.47. The fourth-order valence-corrected chi connectivity index (χ4v) is 6.48. The predicted octanol–water partition coefficient (Wildman–Crippen LogP) is -1.45. The second kappa shape index (κ2) is 18.0. The van der Waals surface area contributed by atoms with Gasteiger partial charge in [-0.1, -0.05) is 58.6 Å². The van der Waals surface area contributed by atoms with Crippen LogP contribution in [0.2, 0.25) is 0 Å². The molecule has 3 N–H and O–H groups in total. The van der Waals surface area contributed by atoms with Crippen LogP contribution in [-0.2, 0) is 38.0 Å². The topological polar surface area (TPSA) is 165 Å². The van der Waals surface area contributed by atoms with Crippen molar-refractivity contribution in [2.75, 3.05) is 21.0 Å². The number of carboxylic acid groups (broad SMARTS) is 1. The van der Waals surface area contributed by atoms with Crippen molar-refractivity contribution in [3.63, 3.8) is 0 Å². The van der Waals surface area contributed by atoms with E-state index in [9.17, 15) is 24.9 Å². The van der Waals surface area contributed by atoms with E-state index in [0.717, 1.165) is 31.3 Å². The summed E-state index contributed by atoms with van der Waals surface area (Å²) in [6.07, 6.45) is -0.702. The van der Waals surface area contributed by atoms with Crippen molar-refractivity contribution >= 4 is 11.9 Å². The Hall–Kier alpha value is -0.00364. The number of fused-ring (bicyclic) bond motifs is 1. The van der Waals surface area contributed by atoms with Gasteiger partial charge in [0.2, 0.25) is 5.79 Å². The second-order valence-electron chi connectivity index (χ2n) is 12.8. The first-order valence-electron chi connectivity index (χ1n) is 15.5. The Morgan fingerprint density at radius 3 is 2.36 bits per heavy atom. The third kappa shape index (κ3) is 9.77. The molecule has 3 fully saturated rings. The van der Waals surface area contributed by atoms with Crippen LogP contribution in [0.15, 0.2) is 12.2 Å². The molecule has 44 heavy (non-hydrogen) atoms. The fraction of sp³-hybridized carbons (Fsp3) is 0.871. The van der Waals surface area contributed by atoms with Gasteiger partial charge in [0.1, 0.15) is 19.0 Å². The van der Waals surface area contributed by atoms with Crippen LogP contribution in [0.3, 0.4) is 0 Å². The van der Waals surface area contributed by atoms with E-state index < -0.39 is 65.9 Å². The first-order chi connectivity index (χ1) is 20.3. The quantitative estimate of drug-likeness (QED) is 0.108. The summed E-state index contributed by atoms with van der Waals surface area (Å²) in [5.74, 6) is -3.33. The van der Waals surface area contributed by atoms with Crippen LogP contribution in [0.1, 0.15) is 85.5 Å². The molecule has 0 saturated carbocycles. The van der Waals surface area contributed by atoms with Crippen molar-refractivity contribution in [1.29, 1.82) is 0 Å². The summed E-state index contributed by atoms with van der Waals surface area (Å²) in [7, 11) is 2.98. The number of aliphatic hydroxyl groups is 2. The first-order valence-corrected chi connectivity index (χ1v) is 15.5. The third-order valence-electron chi connectivity index (χ3n) is 9.47. The van der Waals surface area contributed by atoms with Crippen molar-refractivity contribution in [2.45, 2.75) is 140 Å². The average Bonchev–Trinajstić information content (AvgIpc) is 2.95. The monoisotopic (exact) mass is 653 g/mol. The molecule has 13 heteroatoms. The van der Waals surface area contributed by atoms with E-state index in [-0.39, 0.29) is 83.0 Å². The normalized spacial score (nSPS) is 34.7. The minimum atomic E-state index is -1.68. The molecule has 10 atom stereocenters. The average molecular weight is 654 g/mol. The SMILES string of the molecule is C=C1C[C@](OC)([C@H](O)C(=O)N[C@@H]2OCO[C@H]3[C@@H]2O[C@H](C[C@H](O)CCCCCCCC(=O)[O-])C(C)(C)[C@@H]3OC)O[C@H](C)[C@@H]1C.[K+]. The second-order valence-corrected chi connectivity index (χ2v) is 12.8. The Kier molecular flexibility index (Phi) is 16.4. The van der Waals surface area contributed by atoms with Crippen LogP contribution in [0.4, 0.5) is 0 Å². The molecule has 0 aliphatic carbocycles. The summed E-state index contributed by atoms with van der Waals surface area (Å²) in [6.45, 7) is 11.8. The Balaban J connectivity index is 0.00000675. The van der Waals surface area contributed by atoms with E-state index in [1.54, 1.807) is 7.11 Å². The molecule has 248 valence electrons. The maximum atomic E-state index is 13.4. The Morgan fingerprint density at radius 1 is 1.09 bits per heavy atom. The maximum Gasteiger partial charge on any atom is 1.00 e. The summed E-state index contributed by atoms with van der Waals surface area (Å²) in [4.78, 5) is 23.9. The van der Waals surface area contributed by atoms with E-state index >= 15 is 0 Å². The molecule has 1 amide bonds. The van der Waals surface area contributed by atoms with Crippen molar-refractivity contribution in [3.05, 3.63) is 12.2 Å². The van der Waals surface area contributed by atoms with Gasteiger partial charge in [0.05, 0.1) is 24.4 Å². The van der Waals surface area contributed by atoms with Gasteiger partial charge < -0.3 is 53.9 Å². The van der Waals surface area contributed by atoms with Crippen LogP contribution in [0, 0.1) is 11.3 Å². The van der Waals surface area contributed by atoms with Gasteiger partial charge in [0, 0.05) is 44.4 Å². The molecule has 0 spiro atoms. The zero-order valence-electron chi connectivity index (χ0n) is 27.5. The van der Waals surface area contributed by atoms with Crippen LogP contribution in [-0.4, -0.2) is 97.8 Å². The van der Waals surface area contributed by atoms with Gasteiger partial charge in [-0.15, -0.1) is 0 Å². The molecule has 0 unspecified atom stereocenters. The first kappa shape index (κ1) is 40.2. The maximum absolute atomic E-state index is 13.4. The Bertz CT molecular complexity index is 952. The smallest absolute Gasteiger partial charge is 0.550 e. The number of nitrogens with one attached hydrogen (secondary N) is 1. The van der Waals surface area contributed by atoms with Crippen LogP contribution < -0.4 is 61.8 Å². The molecule has 0 radical (unpaired) electrons. The number of methoxy groups -OCH3 is 2. The van der Waals surface area contributed by atoms with Gasteiger partial charge >= 0.3 is 51.4 Å². The summed E-state index contributed by atoms with van der Waals surface area (Å²) in [6, 6.07) is 0. The fourth-order valence-electron chi connectivity index (χ4n) is 6.48. The number of carbonyl (C=O) groups excluding carboxylic acids is 2. The van der Waals surface area contributed by atoms with Gasteiger partial charge in [-0.25, -0.2) is 0 Å². The predicted molar refractivity (Wildman–Crippen MR) is 153 cm³/mol. The molecular formula is C31H52KNO11. The molecular weight excluding hydrogens is 601 g/mol. The number of rotatable bonds is 15. The van der Waals surface area contributed by atoms with Crippen LogP contribution >= 0.6 is 0 Å². The summed E-state index contributed by atoms with van der Waals surface area (Å²) in [5, 5.41) is 35.4. The zero-order valence-corrected chi connectivity index (χ0v) is 30.7. The van der Waals surface area contributed by atoms with Gasteiger partial charge in [-0.2, -0.15) is 0 Å². The summed E-state index contributed by atoms with van der Waals surface area (Å²) < 4.78 is 35.7.